The number of H-pyrrole nitrogens is 2. The second kappa shape index (κ2) is 18.0. The minimum absolute atomic E-state index is 0.0262. The largest absolute Gasteiger partial charge is 0.453 e. The first-order chi connectivity index (χ1) is 27.8. The molecule has 0 radical (unpaired) electrons. The van der Waals surface area contributed by atoms with Crippen molar-refractivity contribution in [2.75, 3.05) is 47.6 Å². The zero-order valence-corrected chi connectivity index (χ0v) is 32.5. The van der Waals surface area contributed by atoms with E-state index >= 15 is 0 Å². The number of nitrogens with one attached hydrogen (secondary N) is 4. The Balaban J connectivity index is 1.05. The van der Waals surface area contributed by atoms with Crippen molar-refractivity contribution in [3.63, 3.8) is 0 Å². The molecule has 0 saturated carbocycles. The van der Waals surface area contributed by atoms with Gasteiger partial charge in [-0.05, 0) is 61.6 Å². The zero-order valence-electron chi connectivity index (χ0n) is 32.5. The SMILES string of the molecule is COC[C@@H](NC(=O)OC)C(=O)N1CCC[C@H]1c1ncc(-c2ccc(-c3ccc(-c4nc5[nH]c4COCCCC[C@H](NC(=O)OC)C(=O)N4CCC[C@@H]54)cc3)cc2)[nH]1. The molecule has 4 N–H and O–H groups in total. The number of nitrogens with zero attached hydrogens (tertiary/aromatic N) is 4. The quantitative estimate of drug-likeness (QED) is 0.174. The van der Waals surface area contributed by atoms with Crippen molar-refractivity contribution in [2.24, 2.45) is 0 Å². The van der Waals surface area contributed by atoms with Crippen LogP contribution in [0.15, 0.2) is 54.7 Å². The molecule has 57 heavy (non-hydrogen) atoms. The number of hydrogen-bond donors (Lipinski definition) is 4. The second-order valence-electron chi connectivity index (χ2n) is 14.5. The Kier molecular flexibility index (Phi) is 12.5. The number of hydrogen-bond acceptors (Lipinski definition) is 10. The summed E-state index contributed by atoms with van der Waals surface area (Å²) in [5.74, 6) is 1.03. The van der Waals surface area contributed by atoms with Crippen molar-refractivity contribution in [3.05, 3.63) is 72.1 Å². The van der Waals surface area contributed by atoms with Gasteiger partial charge in [-0.1, -0.05) is 48.5 Å². The van der Waals surface area contributed by atoms with E-state index in [4.69, 9.17) is 23.9 Å². The van der Waals surface area contributed by atoms with E-state index in [1.165, 1.54) is 21.3 Å². The number of methoxy groups -OCH3 is 3. The summed E-state index contributed by atoms with van der Waals surface area (Å²) in [7, 11) is 4.03. The number of carbonyl (C=O) groups excluding carboxylic acids is 4. The third-order valence-corrected chi connectivity index (χ3v) is 10.9. The van der Waals surface area contributed by atoms with Gasteiger partial charge < -0.3 is 49.3 Å². The van der Waals surface area contributed by atoms with Crippen molar-refractivity contribution in [3.8, 4) is 33.6 Å². The highest BCUT2D eigenvalue weighted by Crippen LogP contribution is 2.36. The van der Waals surface area contributed by atoms with E-state index in [-0.39, 0.29) is 30.5 Å². The Hall–Kier alpha value is -5.74. The van der Waals surface area contributed by atoms with Gasteiger partial charge in [0.25, 0.3) is 0 Å². The molecule has 4 atom stereocenters. The fourth-order valence-corrected chi connectivity index (χ4v) is 8.00. The fraction of sp³-hybridized carbons (Fsp3) is 0.463. The van der Waals surface area contributed by atoms with E-state index in [1.807, 2.05) is 17.0 Å². The summed E-state index contributed by atoms with van der Waals surface area (Å²) < 4.78 is 20.8. The van der Waals surface area contributed by atoms with Crippen LogP contribution < -0.4 is 10.6 Å². The Labute approximate surface area is 331 Å². The lowest BCUT2D eigenvalue weighted by Gasteiger charge is -2.28. The van der Waals surface area contributed by atoms with Crippen LogP contribution in [-0.2, 0) is 35.1 Å². The second-order valence-corrected chi connectivity index (χ2v) is 14.5. The predicted octanol–water partition coefficient (Wildman–Crippen LogP) is 5.26. The van der Waals surface area contributed by atoms with Gasteiger partial charge in [-0.25, -0.2) is 19.6 Å². The van der Waals surface area contributed by atoms with E-state index in [0.29, 0.717) is 44.4 Å². The van der Waals surface area contributed by atoms with Gasteiger partial charge in [0.05, 0.1) is 62.8 Å². The van der Waals surface area contributed by atoms with E-state index < -0.39 is 24.3 Å². The van der Waals surface area contributed by atoms with E-state index in [9.17, 15) is 19.2 Å². The molecule has 4 aromatic rings. The molecule has 3 aliphatic heterocycles. The number of imidazole rings is 2. The Bertz CT molecular complexity index is 2030. The molecule has 2 bridgehead atoms. The molecule has 16 heteroatoms. The number of alkyl carbamates (subject to hydrolysis) is 2. The molecule has 0 unspecified atom stereocenters. The monoisotopic (exact) mass is 782 g/mol. The zero-order chi connectivity index (χ0) is 39.9. The van der Waals surface area contributed by atoms with Crippen LogP contribution in [0.5, 0.6) is 0 Å². The highest BCUT2D eigenvalue weighted by Gasteiger charge is 2.38. The van der Waals surface area contributed by atoms with Gasteiger partial charge in [-0.2, -0.15) is 0 Å². The predicted molar refractivity (Wildman–Crippen MR) is 208 cm³/mol. The van der Waals surface area contributed by atoms with Gasteiger partial charge >= 0.3 is 12.2 Å². The summed E-state index contributed by atoms with van der Waals surface area (Å²) in [4.78, 5) is 71.3. The number of aromatic nitrogens is 4. The maximum absolute atomic E-state index is 13.7. The van der Waals surface area contributed by atoms with E-state index in [1.54, 1.807) is 11.1 Å². The summed E-state index contributed by atoms with van der Waals surface area (Å²) >= 11 is 0. The lowest BCUT2D eigenvalue weighted by Crippen LogP contribution is -2.50. The molecule has 4 amide bonds. The number of aromatic amines is 2. The van der Waals surface area contributed by atoms with Gasteiger partial charge in [0, 0.05) is 32.4 Å². The van der Waals surface area contributed by atoms with Gasteiger partial charge in [0.2, 0.25) is 11.8 Å². The molecule has 0 spiro atoms. The number of benzene rings is 2. The molecule has 0 aliphatic carbocycles. The van der Waals surface area contributed by atoms with Crippen LogP contribution in [0.2, 0.25) is 0 Å². The molecule has 3 aliphatic rings. The van der Waals surface area contributed by atoms with Gasteiger partial charge in [0.15, 0.2) is 0 Å². The topological polar surface area (TPSA) is 193 Å². The van der Waals surface area contributed by atoms with Crippen LogP contribution in [0.25, 0.3) is 33.6 Å². The van der Waals surface area contributed by atoms with Crippen molar-refractivity contribution in [1.29, 1.82) is 0 Å². The van der Waals surface area contributed by atoms with Gasteiger partial charge in [-0.3, -0.25) is 9.59 Å². The first-order valence-electron chi connectivity index (χ1n) is 19.5. The Morgan fingerprint density at radius 1 is 0.825 bits per heavy atom. The summed E-state index contributed by atoms with van der Waals surface area (Å²) in [5.41, 5.74) is 6.45. The van der Waals surface area contributed by atoms with Gasteiger partial charge in [-0.15, -0.1) is 0 Å². The van der Waals surface area contributed by atoms with Crippen LogP contribution in [0, 0.1) is 0 Å². The minimum atomic E-state index is -0.868. The van der Waals surface area contributed by atoms with Crippen molar-refractivity contribution in [1.82, 2.24) is 40.4 Å². The standard InChI is InChI=1S/C41H50N8O8/c1-54-23-32(46-41(53)56-3)39(51)48-19-6-9-33(48)36-42-22-30(43-36)27-15-11-25(12-16-27)26-13-17-28(18-14-26)35-31-24-57-21-5-4-8-29(45-40(52)55-2)38(50)49-20-7-10-34(49)37(44-31)47-35/h11-18,22,29,32-34H,4-10,19-21,23-24H2,1-3H3,(H,42,43)(H,44,47)(H,45,52)(H,46,53)/t29-,32+,33-,34-/m0/s1. The average molecular weight is 783 g/mol. The minimum Gasteiger partial charge on any atom is -0.453 e. The highest BCUT2D eigenvalue weighted by molar-refractivity contribution is 5.87. The van der Waals surface area contributed by atoms with Crippen molar-refractivity contribution >= 4 is 24.0 Å². The number of likely N-dealkylation sites (tertiary alicyclic amines) is 1. The van der Waals surface area contributed by atoms with Crippen molar-refractivity contribution in [2.45, 2.75) is 75.7 Å². The molecular formula is C41H50N8O8. The third-order valence-electron chi connectivity index (χ3n) is 10.9. The van der Waals surface area contributed by atoms with E-state index in [2.05, 4.69) is 62.0 Å². The molecule has 2 saturated heterocycles. The molecular weight excluding hydrogens is 732 g/mol. The maximum atomic E-state index is 13.7. The molecule has 16 nitrogen and oxygen atoms in total. The summed E-state index contributed by atoms with van der Waals surface area (Å²) in [5, 5.41) is 5.31. The lowest BCUT2D eigenvalue weighted by atomic mass is 10.0. The van der Waals surface area contributed by atoms with Crippen LogP contribution in [0.1, 0.15) is 74.4 Å². The molecule has 2 fully saturated rings. The first-order valence-corrected chi connectivity index (χ1v) is 19.5. The van der Waals surface area contributed by atoms with Crippen molar-refractivity contribution < 1.29 is 38.1 Å². The molecule has 2 aromatic carbocycles. The lowest BCUT2D eigenvalue weighted by molar-refractivity contribution is -0.136. The number of ether oxygens (including phenoxy) is 4. The van der Waals surface area contributed by atoms with Crippen LogP contribution in [-0.4, -0.2) is 113 Å². The van der Waals surface area contributed by atoms with Gasteiger partial charge in [0.1, 0.15) is 23.7 Å². The summed E-state index contributed by atoms with van der Waals surface area (Å²) in [6.45, 7) is 2.04. The number of rotatable bonds is 9. The van der Waals surface area contributed by atoms with E-state index in [0.717, 1.165) is 77.9 Å². The summed E-state index contributed by atoms with van der Waals surface area (Å²) in [6.07, 6.45) is 5.61. The highest BCUT2D eigenvalue weighted by atomic mass is 16.5. The molecule has 2 aromatic heterocycles. The van der Waals surface area contributed by atoms with Crippen LogP contribution in [0.3, 0.4) is 0 Å². The number of carbonyl (C=O) groups is 4. The maximum Gasteiger partial charge on any atom is 0.407 e. The smallest absolute Gasteiger partial charge is 0.407 e. The molecule has 302 valence electrons. The number of fused-ring (bicyclic) bond motifs is 4. The van der Waals surface area contributed by atoms with Crippen LogP contribution in [0.4, 0.5) is 9.59 Å². The summed E-state index contributed by atoms with van der Waals surface area (Å²) in [6, 6.07) is 14.4. The number of amides is 4. The average Bonchev–Trinajstić information content (AvgIpc) is 4.07. The molecule has 7 rings (SSSR count). The Morgan fingerprint density at radius 3 is 2.23 bits per heavy atom. The molecule has 5 heterocycles. The van der Waals surface area contributed by atoms with Crippen LogP contribution >= 0.6 is 0 Å². The third kappa shape index (κ3) is 8.81. The fourth-order valence-electron chi connectivity index (χ4n) is 8.00. The first kappa shape index (κ1) is 39.5. The Morgan fingerprint density at radius 2 is 1.51 bits per heavy atom. The normalized spacial score (nSPS) is 20.5.